The van der Waals surface area contributed by atoms with Crippen LogP contribution >= 0.6 is 0 Å². The second-order valence-corrected chi connectivity index (χ2v) is 4.68. The fourth-order valence-electron chi connectivity index (χ4n) is 2.11. The second kappa shape index (κ2) is 9.51. The highest BCUT2D eigenvalue weighted by atomic mass is 16.5. The van der Waals surface area contributed by atoms with Crippen LogP contribution in [-0.4, -0.2) is 25.1 Å². The summed E-state index contributed by atoms with van der Waals surface area (Å²) in [7, 11) is 3.19. The zero-order chi connectivity index (χ0) is 17.2. The minimum absolute atomic E-state index is 0.0936. The Morgan fingerprint density at radius 2 is 1.74 bits per heavy atom. The molecule has 4 heteroatoms. The van der Waals surface area contributed by atoms with Crippen LogP contribution in [0.3, 0.4) is 0 Å². The van der Waals surface area contributed by atoms with E-state index in [1.165, 1.54) is 12.1 Å². The molecule has 4 nitrogen and oxygen atoms in total. The predicted molar refractivity (Wildman–Crippen MR) is 91.2 cm³/mol. The van der Waals surface area contributed by atoms with E-state index in [-0.39, 0.29) is 17.5 Å². The van der Waals surface area contributed by atoms with E-state index in [2.05, 4.69) is 0 Å². The monoisotopic (exact) mass is 316 g/mol. The molecule has 1 unspecified atom stereocenters. The number of methoxy groups -OCH3 is 2. The van der Waals surface area contributed by atoms with Gasteiger partial charge in [0.1, 0.15) is 5.75 Å². The molecule has 1 N–H and O–H groups in total. The number of phenols is 1. The van der Waals surface area contributed by atoms with Crippen LogP contribution in [0.15, 0.2) is 60.1 Å². The molecule has 0 fully saturated rings. The van der Waals surface area contributed by atoms with Crippen LogP contribution in [0.2, 0.25) is 0 Å². The van der Waals surface area contributed by atoms with Gasteiger partial charge < -0.3 is 14.6 Å². The van der Waals surface area contributed by atoms with E-state index in [0.717, 1.165) is 6.42 Å². The first kappa shape index (κ1) is 18.6. The number of hydrogen-bond donors (Lipinski definition) is 1. The van der Waals surface area contributed by atoms with Crippen molar-refractivity contribution < 1.29 is 19.4 Å². The van der Waals surface area contributed by atoms with Gasteiger partial charge in [-0.1, -0.05) is 19.9 Å². The first-order chi connectivity index (χ1) is 11.1. The summed E-state index contributed by atoms with van der Waals surface area (Å²) in [6, 6.07) is 6.20. The average molecular weight is 316 g/mol. The number of phenolic OH excluding ortho intramolecular Hbond substituents is 1. The molecule has 0 spiro atoms. The molecular weight excluding hydrogens is 292 g/mol. The first-order valence-electron chi connectivity index (χ1n) is 7.66. The van der Waals surface area contributed by atoms with Gasteiger partial charge in [-0.25, -0.2) is 0 Å². The maximum atomic E-state index is 12.0. The van der Waals surface area contributed by atoms with Crippen molar-refractivity contribution >= 4 is 5.78 Å². The molecule has 1 aliphatic carbocycles. The summed E-state index contributed by atoms with van der Waals surface area (Å²) in [4.78, 5) is 12.0. The summed E-state index contributed by atoms with van der Waals surface area (Å²) in [5.74, 6) is 1.54. The Bertz CT molecular complexity index is 594. The number of carbonyl (C=O) groups excluding carboxylic acids is 1. The van der Waals surface area contributed by atoms with Crippen molar-refractivity contribution in [2.45, 2.75) is 20.3 Å². The van der Waals surface area contributed by atoms with Crippen molar-refractivity contribution in [3.8, 4) is 5.75 Å². The van der Waals surface area contributed by atoms with E-state index in [9.17, 15) is 9.90 Å². The number of rotatable bonds is 5. The molecule has 23 heavy (non-hydrogen) atoms. The molecule has 0 bridgehead atoms. The number of carbonyl (C=O) groups is 1. The van der Waals surface area contributed by atoms with Gasteiger partial charge in [-0.2, -0.15) is 0 Å². The number of benzene rings is 1. The second-order valence-electron chi connectivity index (χ2n) is 4.68. The number of allylic oxidation sites excluding steroid dienone is 4. The van der Waals surface area contributed by atoms with Crippen LogP contribution in [0.1, 0.15) is 30.6 Å². The van der Waals surface area contributed by atoms with Gasteiger partial charge in [-0.15, -0.1) is 0 Å². The van der Waals surface area contributed by atoms with E-state index in [0.29, 0.717) is 17.1 Å². The average Bonchev–Trinajstić information content (AvgIpc) is 2.61. The summed E-state index contributed by atoms with van der Waals surface area (Å²) in [6.45, 7) is 4.00. The van der Waals surface area contributed by atoms with E-state index < -0.39 is 0 Å². The van der Waals surface area contributed by atoms with Crippen LogP contribution in [0.25, 0.3) is 0 Å². The highest BCUT2D eigenvalue weighted by molar-refractivity contribution is 6.04. The van der Waals surface area contributed by atoms with E-state index >= 15 is 0 Å². The Morgan fingerprint density at radius 1 is 1.13 bits per heavy atom. The molecule has 2 rings (SSSR count). The standard InChI is InChI=1S/C17H18O4.C2H6/c1-20-16-10-4-12(11-17(16)21-2)3-9-15(19)13-5-7-14(18)8-6-13;1-2/h3,5-12,18H,4H2,1-2H3;1-2H3/b9-3+;. The molecule has 0 saturated carbocycles. The normalized spacial score (nSPS) is 16.8. The summed E-state index contributed by atoms with van der Waals surface area (Å²) in [5, 5.41) is 9.21. The lowest BCUT2D eigenvalue weighted by molar-refractivity contribution is 0.104. The van der Waals surface area contributed by atoms with Crippen LogP contribution in [0.5, 0.6) is 5.75 Å². The summed E-state index contributed by atoms with van der Waals surface area (Å²) >= 11 is 0. The van der Waals surface area contributed by atoms with E-state index in [1.54, 1.807) is 32.4 Å². The lowest BCUT2D eigenvalue weighted by Gasteiger charge is -2.17. The molecule has 0 aliphatic heterocycles. The van der Waals surface area contributed by atoms with Crippen molar-refractivity contribution in [3.05, 3.63) is 65.7 Å². The molecule has 1 aromatic carbocycles. The highest BCUT2D eigenvalue weighted by Crippen LogP contribution is 2.24. The Hall–Kier alpha value is -2.49. The lowest BCUT2D eigenvalue weighted by atomic mass is 9.97. The highest BCUT2D eigenvalue weighted by Gasteiger charge is 2.15. The third-order valence-corrected chi connectivity index (χ3v) is 3.27. The molecule has 0 aromatic heterocycles. The zero-order valence-corrected chi connectivity index (χ0v) is 14.1. The molecule has 124 valence electrons. The van der Waals surface area contributed by atoms with Gasteiger partial charge >= 0.3 is 0 Å². The van der Waals surface area contributed by atoms with Crippen LogP contribution in [-0.2, 0) is 9.47 Å². The van der Waals surface area contributed by atoms with Gasteiger partial charge in [-0.05, 0) is 48.9 Å². The maximum absolute atomic E-state index is 12.0. The summed E-state index contributed by atoms with van der Waals surface area (Å²) < 4.78 is 10.5. The van der Waals surface area contributed by atoms with Gasteiger partial charge in [0.15, 0.2) is 17.3 Å². The van der Waals surface area contributed by atoms with Crippen molar-refractivity contribution in [1.82, 2.24) is 0 Å². The largest absolute Gasteiger partial charge is 0.508 e. The SMILES string of the molecule is CC.COC1=CCC(/C=C/C(=O)c2ccc(O)cc2)C=C1OC. The fourth-order valence-corrected chi connectivity index (χ4v) is 2.11. The number of hydrogen-bond acceptors (Lipinski definition) is 4. The Kier molecular flexibility index (Phi) is 7.67. The molecule has 1 aliphatic rings. The molecule has 0 radical (unpaired) electrons. The number of aromatic hydroxyl groups is 1. The molecule has 0 amide bonds. The van der Waals surface area contributed by atoms with Crippen molar-refractivity contribution in [2.75, 3.05) is 14.2 Å². The minimum Gasteiger partial charge on any atom is -0.508 e. The van der Waals surface area contributed by atoms with Crippen LogP contribution < -0.4 is 0 Å². The van der Waals surface area contributed by atoms with Gasteiger partial charge in [-0.3, -0.25) is 4.79 Å². The molecule has 1 aromatic rings. The predicted octanol–water partition coefficient (Wildman–Crippen LogP) is 4.24. The van der Waals surface area contributed by atoms with Crippen LogP contribution in [0, 0.1) is 5.92 Å². The maximum Gasteiger partial charge on any atom is 0.185 e. The smallest absolute Gasteiger partial charge is 0.185 e. The van der Waals surface area contributed by atoms with Gasteiger partial charge in [0.2, 0.25) is 0 Å². The van der Waals surface area contributed by atoms with Gasteiger partial charge in [0, 0.05) is 11.5 Å². The zero-order valence-electron chi connectivity index (χ0n) is 14.1. The van der Waals surface area contributed by atoms with Crippen molar-refractivity contribution in [1.29, 1.82) is 0 Å². The third kappa shape index (κ3) is 5.33. The topological polar surface area (TPSA) is 55.8 Å². The molecular formula is C19H24O4. The van der Waals surface area contributed by atoms with Crippen LogP contribution in [0.4, 0.5) is 0 Å². The number of ketones is 1. The quantitative estimate of drug-likeness (QED) is 0.652. The van der Waals surface area contributed by atoms with Crippen molar-refractivity contribution in [3.63, 3.8) is 0 Å². The molecule has 0 saturated heterocycles. The Morgan fingerprint density at radius 3 is 2.30 bits per heavy atom. The van der Waals surface area contributed by atoms with E-state index in [4.69, 9.17) is 9.47 Å². The Labute approximate surface area is 137 Å². The van der Waals surface area contributed by atoms with Gasteiger partial charge in [0.05, 0.1) is 14.2 Å². The van der Waals surface area contributed by atoms with E-state index in [1.807, 2.05) is 32.1 Å². The minimum atomic E-state index is -0.0936. The third-order valence-electron chi connectivity index (χ3n) is 3.27. The first-order valence-corrected chi connectivity index (χ1v) is 7.66. The summed E-state index contributed by atoms with van der Waals surface area (Å²) in [6.07, 6.45) is 8.03. The number of ether oxygens (including phenoxy) is 2. The molecule has 1 atom stereocenters. The molecule has 0 heterocycles. The van der Waals surface area contributed by atoms with Crippen molar-refractivity contribution in [2.24, 2.45) is 5.92 Å². The Balaban J connectivity index is 0.00000127. The van der Waals surface area contributed by atoms with Gasteiger partial charge in [0.25, 0.3) is 0 Å². The summed E-state index contributed by atoms with van der Waals surface area (Å²) in [5.41, 5.74) is 0.545. The lowest BCUT2D eigenvalue weighted by Crippen LogP contribution is -2.06. The fraction of sp³-hybridized carbons (Fsp3) is 0.316.